The molecule has 0 bridgehead atoms. The number of hydrogen-bond donors (Lipinski definition) is 4. The molecule has 0 aliphatic rings. The normalized spacial score (nSPS) is 12.4. The lowest BCUT2D eigenvalue weighted by Gasteiger charge is -2.14. The van der Waals surface area contributed by atoms with Crippen LogP contribution in [0.25, 0.3) is 0 Å². The van der Waals surface area contributed by atoms with Gasteiger partial charge in [0, 0.05) is 19.0 Å². The van der Waals surface area contributed by atoms with Gasteiger partial charge in [0.1, 0.15) is 0 Å². The van der Waals surface area contributed by atoms with E-state index in [9.17, 15) is 5.11 Å². The third-order valence-corrected chi connectivity index (χ3v) is 2.71. The first kappa shape index (κ1) is 19.1. The van der Waals surface area contributed by atoms with Gasteiger partial charge in [-0.05, 0) is 12.5 Å². The summed E-state index contributed by atoms with van der Waals surface area (Å²) < 4.78 is 0. The Balaban J connectivity index is 0.00000361. The molecule has 1 atom stereocenters. The molecule has 6 heteroatoms. The van der Waals surface area contributed by atoms with Crippen LogP contribution in [0.3, 0.4) is 0 Å². The summed E-state index contributed by atoms with van der Waals surface area (Å²) >= 11 is 0. The first-order valence-electron chi connectivity index (χ1n) is 6.60. The predicted molar refractivity (Wildman–Crippen MR) is 92.8 cm³/mol. The summed E-state index contributed by atoms with van der Waals surface area (Å²) in [4.78, 5) is 4.42. The Morgan fingerprint density at radius 3 is 2.45 bits per heavy atom. The Labute approximate surface area is 137 Å². The summed E-state index contributed by atoms with van der Waals surface area (Å²) in [6, 6.07) is 9.84. The Kier molecular flexibility index (Phi) is 11.4. The molecular formula is C14H24IN3O2. The van der Waals surface area contributed by atoms with Crippen molar-refractivity contribution >= 4 is 29.9 Å². The SMILES string of the molecule is CCNC(=NCC(CO)c1ccccc1)NCCO.I. The third-order valence-electron chi connectivity index (χ3n) is 2.71. The van der Waals surface area contributed by atoms with Crippen LogP contribution in [0.15, 0.2) is 35.3 Å². The van der Waals surface area contributed by atoms with E-state index in [1.54, 1.807) is 0 Å². The fourth-order valence-corrected chi connectivity index (χ4v) is 1.71. The van der Waals surface area contributed by atoms with Gasteiger partial charge in [-0.3, -0.25) is 4.99 Å². The molecule has 0 amide bonds. The monoisotopic (exact) mass is 393 g/mol. The number of rotatable bonds is 7. The molecule has 4 N–H and O–H groups in total. The maximum absolute atomic E-state index is 9.45. The summed E-state index contributed by atoms with van der Waals surface area (Å²) in [6.45, 7) is 3.82. The zero-order valence-corrected chi connectivity index (χ0v) is 14.1. The summed E-state index contributed by atoms with van der Waals surface area (Å²) in [5, 5.41) is 24.4. The van der Waals surface area contributed by atoms with E-state index in [0.29, 0.717) is 19.0 Å². The zero-order valence-electron chi connectivity index (χ0n) is 11.7. The molecule has 1 aromatic carbocycles. The van der Waals surface area contributed by atoms with E-state index in [1.165, 1.54) is 0 Å². The summed E-state index contributed by atoms with van der Waals surface area (Å²) in [5.74, 6) is 0.650. The Bertz CT molecular complexity index is 374. The second-order valence-corrected chi connectivity index (χ2v) is 4.16. The number of benzene rings is 1. The Morgan fingerprint density at radius 2 is 1.90 bits per heavy atom. The van der Waals surface area contributed by atoms with E-state index in [2.05, 4.69) is 15.6 Å². The molecule has 0 aliphatic heterocycles. The molecule has 1 unspecified atom stereocenters. The molecule has 0 saturated heterocycles. The van der Waals surface area contributed by atoms with Crippen molar-refractivity contribution in [1.29, 1.82) is 0 Å². The van der Waals surface area contributed by atoms with Crippen molar-refractivity contribution in [3.05, 3.63) is 35.9 Å². The smallest absolute Gasteiger partial charge is 0.191 e. The highest BCUT2D eigenvalue weighted by Crippen LogP contribution is 2.14. The van der Waals surface area contributed by atoms with Crippen molar-refractivity contribution in [2.45, 2.75) is 12.8 Å². The van der Waals surface area contributed by atoms with Crippen molar-refractivity contribution in [3.63, 3.8) is 0 Å². The average molecular weight is 393 g/mol. The lowest BCUT2D eigenvalue weighted by molar-refractivity contribution is 0.268. The fourth-order valence-electron chi connectivity index (χ4n) is 1.71. The lowest BCUT2D eigenvalue weighted by atomic mass is 10.0. The number of nitrogens with zero attached hydrogens (tertiary/aromatic N) is 1. The second-order valence-electron chi connectivity index (χ2n) is 4.16. The van der Waals surface area contributed by atoms with Crippen LogP contribution in [0, 0.1) is 0 Å². The van der Waals surface area contributed by atoms with Gasteiger partial charge in [0.05, 0.1) is 19.8 Å². The minimum atomic E-state index is -0.00853. The van der Waals surface area contributed by atoms with Crippen LogP contribution < -0.4 is 10.6 Å². The molecular weight excluding hydrogens is 369 g/mol. The van der Waals surface area contributed by atoms with Gasteiger partial charge in [-0.1, -0.05) is 30.3 Å². The molecule has 20 heavy (non-hydrogen) atoms. The molecule has 0 spiro atoms. The summed E-state index contributed by atoms with van der Waals surface area (Å²) in [5.41, 5.74) is 1.08. The fraction of sp³-hybridized carbons (Fsp3) is 0.500. The molecule has 0 saturated carbocycles. The number of aliphatic hydroxyl groups is 2. The van der Waals surface area contributed by atoms with E-state index in [4.69, 9.17) is 5.11 Å². The van der Waals surface area contributed by atoms with Gasteiger partial charge >= 0.3 is 0 Å². The number of halogens is 1. The maximum atomic E-state index is 9.45. The van der Waals surface area contributed by atoms with Crippen LogP contribution in [-0.2, 0) is 0 Å². The average Bonchev–Trinajstić information content (AvgIpc) is 2.46. The molecule has 114 valence electrons. The van der Waals surface area contributed by atoms with Crippen molar-refractivity contribution in [2.24, 2.45) is 4.99 Å². The lowest BCUT2D eigenvalue weighted by Crippen LogP contribution is -2.39. The van der Waals surface area contributed by atoms with Crippen LogP contribution >= 0.6 is 24.0 Å². The van der Waals surface area contributed by atoms with Crippen LogP contribution in [-0.4, -0.2) is 49.0 Å². The second kappa shape index (κ2) is 11.9. The van der Waals surface area contributed by atoms with Crippen molar-refractivity contribution in [2.75, 3.05) is 32.8 Å². The molecule has 1 rings (SSSR count). The zero-order chi connectivity index (χ0) is 13.9. The van der Waals surface area contributed by atoms with Gasteiger partial charge in [-0.25, -0.2) is 0 Å². The minimum absolute atomic E-state index is 0. The highest BCUT2D eigenvalue weighted by molar-refractivity contribution is 14.0. The van der Waals surface area contributed by atoms with Crippen molar-refractivity contribution in [1.82, 2.24) is 10.6 Å². The number of guanidine groups is 1. The Morgan fingerprint density at radius 1 is 1.20 bits per heavy atom. The standard InChI is InChI=1S/C14H23N3O2.HI/c1-2-15-14(16-8-9-18)17-10-13(11-19)12-6-4-3-5-7-12;/h3-7,13,18-19H,2,8-11H2,1H3,(H2,15,16,17);1H. The number of aliphatic imine (C=N–C) groups is 1. The van der Waals surface area contributed by atoms with Gasteiger partial charge in [0.25, 0.3) is 0 Å². The first-order chi connectivity index (χ1) is 9.31. The summed E-state index contributed by atoms with van der Waals surface area (Å²) in [7, 11) is 0. The predicted octanol–water partition coefficient (Wildman–Crippen LogP) is 0.928. The first-order valence-corrected chi connectivity index (χ1v) is 6.60. The molecule has 0 heterocycles. The van der Waals surface area contributed by atoms with Crippen LogP contribution in [0.2, 0.25) is 0 Å². The number of hydrogen-bond acceptors (Lipinski definition) is 3. The highest BCUT2D eigenvalue weighted by atomic mass is 127. The topological polar surface area (TPSA) is 76.9 Å². The van der Waals surface area contributed by atoms with E-state index in [0.717, 1.165) is 12.1 Å². The van der Waals surface area contributed by atoms with Gasteiger partial charge < -0.3 is 20.8 Å². The van der Waals surface area contributed by atoms with Crippen molar-refractivity contribution < 1.29 is 10.2 Å². The van der Waals surface area contributed by atoms with E-state index >= 15 is 0 Å². The van der Waals surface area contributed by atoms with Gasteiger partial charge in [0.2, 0.25) is 0 Å². The van der Waals surface area contributed by atoms with E-state index in [1.807, 2.05) is 37.3 Å². The molecule has 0 aliphatic carbocycles. The molecule has 0 aromatic heterocycles. The molecule has 5 nitrogen and oxygen atoms in total. The third kappa shape index (κ3) is 7.06. The van der Waals surface area contributed by atoms with Crippen molar-refractivity contribution in [3.8, 4) is 0 Å². The molecule has 0 fully saturated rings. The molecule has 0 radical (unpaired) electrons. The summed E-state index contributed by atoms with van der Waals surface area (Å²) in [6.07, 6.45) is 0. The minimum Gasteiger partial charge on any atom is -0.396 e. The van der Waals surface area contributed by atoms with E-state index in [-0.39, 0.29) is 43.1 Å². The largest absolute Gasteiger partial charge is 0.396 e. The van der Waals surface area contributed by atoms with Gasteiger partial charge in [0.15, 0.2) is 5.96 Å². The Hall–Kier alpha value is -0.860. The van der Waals surface area contributed by atoms with Crippen LogP contribution in [0.4, 0.5) is 0 Å². The highest BCUT2D eigenvalue weighted by Gasteiger charge is 2.09. The quantitative estimate of drug-likeness (QED) is 0.316. The van der Waals surface area contributed by atoms with Crippen LogP contribution in [0.5, 0.6) is 0 Å². The number of aliphatic hydroxyl groups excluding tert-OH is 2. The van der Waals surface area contributed by atoms with Gasteiger partial charge in [-0.2, -0.15) is 0 Å². The maximum Gasteiger partial charge on any atom is 0.191 e. The van der Waals surface area contributed by atoms with Gasteiger partial charge in [-0.15, -0.1) is 24.0 Å². The van der Waals surface area contributed by atoms with E-state index < -0.39 is 0 Å². The van der Waals surface area contributed by atoms with Crippen LogP contribution in [0.1, 0.15) is 18.4 Å². The molecule has 1 aromatic rings. The number of nitrogens with one attached hydrogen (secondary N) is 2.